The van der Waals surface area contributed by atoms with Crippen molar-refractivity contribution in [1.82, 2.24) is 4.90 Å². The molecule has 0 unspecified atom stereocenters. The Morgan fingerprint density at radius 3 is 2.36 bits per heavy atom. The van der Waals surface area contributed by atoms with Gasteiger partial charge in [-0.25, -0.2) is 0 Å². The molecule has 0 aromatic heterocycles. The molecule has 0 aromatic rings. The standard InChI is InChI=1S/C9H21N2/c1-3-11(4-2)9-7-5-6-8-10/h6H,3-5,7-10H2,1-2H3. The first-order valence-corrected chi connectivity index (χ1v) is 4.59. The van der Waals surface area contributed by atoms with Crippen molar-refractivity contribution in [3.8, 4) is 0 Å². The van der Waals surface area contributed by atoms with Gasteiger partial charge in [-0.3, -0.25) is 0 Å². The molecular formula is C9H21N2. The van der Waals surface area contributed by atoms with E-state index in [0.717, 1.165) is 13.0 Å². The molecule has 1 radical (unpaired) electrons. The molecule has 0 spiro atoms. The van der Waals surface area contributed by atoms with Crippen LogP contribution >= 0.6 is 0 Å². The van der Waals surface area contributed by atoms with Crippen molar-refractivity contribution in [2.24, 2.45) is 5.73 Å². The zero-order valence-corrected chi connectivity index (χ0v) is 7.84. The van der Waals surface area contributed by atoms with Gasteiger partial charge in [0.25, 0.3) is 0 Å². The van der Waals surface area contributed by atoms with E-state index in [1.165, 1.54) is 26.1 Å². The monoisotopic (exact) mass is 157 g/mol. The predicted octanol–water partition coefficient (Wildman–Crippen LogP) is 1.27. The smallest absolute Gasteiger partial charge is 0.00189 e. The van der Waals surface area contributed by atoms with Gasteiger partial charge >= 0.3 is 0 Å². The molecule has 2 heteroatoms. The van der Waals surface area contributed by atoms with Crippen LogP contribution in [0.25, 0.3) is 0 Å². The molecule has 0 bridgehead atoms. The average molecular weight is 157 g/mol. The summed E-state index contributed by atoms with van der Waals surface area (Å²) in [5, 5.41) is 0. The van der Waals surface area contributed by atoms with Gasteiger partial charge in [-0.1, -0.05) is 13.8 Å². The van der Waals surface area contributed by atoms with Crippen molar-refractivity contribution in [1.29, 1.82) is 0 Å². The minimum atomic E-state index is 0.720. The summed E-state index contributed by atoms with van der Waals surface area (Å²) in [6, 6.07) is 0. The molecule has 0 aliphatic rings. The molecular weight excluding hydrogens is 136 g/mol. The van der Waals surface area contributed by atoms with Crippen LogP contribution in [0, 0.1) is 6.42 Å². The van der Waals surface area contributed by atoms with E-state index in [0.29, 0.717) is 0 Å². The summed E-state index contributed by atoms with van der Waals surface area (Å²) in [5.41, 5.74) is 5.34. The highest BCUT2D eigenvalue weighted by molar-refractivity contribution is 4.65. The number of hydrogen-bond acceptors (Lipinski definition) is 2. The van der Waals surface area contributed by atoms with E-state index in [1.54, 1.807) is 0 Å². The summed E-state index contributed by atoms with van der Waals surface area (Å²) in [4.78, 5) is 2.43. The first-order valence-electron chi connectivity index (χ1n) is 4.59. The highest BCUT2D eigenvalue weighted by Gasteiger charge is 1.96. The minimum absolute atomic E-state index is 0.720. The summed E-state index contributed by atoms with van der Waals surface area (Å²) < 4.78 is 0. The fraction of sp³-hybridized carbons (Fsp3) is 0.889. The fourth-order valence-electron chi connectivity index (χ4n) is 1.12. The molecule has 0 rings (SSSR count). The number of unbranched alkanes of at least 4 members (excludes halogenated alkanes) is 2. The normalized spacial score (nSPS) is 10.9. The Labute approximate surface area is 70.8 Å². The topological polar surface area (TPSA) is 29.3 Å². The average Bonchev–Trinajstić information content (AvgIpc) is 2.05. The third-order valence-corrected chi connectivity index (χ3v) is 1.94. The maximum absolute atomic E-state index is 5.34. The lowest BCUT2D eigenvalue weighted by Crippen LogP contribution is -2.24. The van der Waals surface area contributed by atoms with Crippen molar-refractivity contribution < 1.29 is 0 Å². The lowest BCUT2D eigenvalue weighted by atomic mass is 10.2. The number of hydrogen-bond donors (Lipinski definition) is 1. The Hall–Kier alpha value is -0.0800. The van der Waals surface area contributed by atoms with Crippen molar-refractivity contribution in [2.45, 2.75) is 26.7 Å². The van der Waals surface area contributed by atoms with E-state index in [4.69, 9.17) is 5.73 Å². The molecule has 0 heterocycles. The second-order valence-corrected chi connectivity index (χ2v) is 2.69. The largest absolute Gasteiger partial charge is 0.330 e. The Bertz CT molecular complexity index is 70.0. The van der Waals surface area contributed by atoms with Gasteiger partial charge in [-0.05, 0) is 45.4 Å². The fourth-order valence-corrected chi connectivity index (χ4v) is 1.12. The predicted molar refractivity (Wildman–Crippen MR) is 50.4 cm³/mol. The Balaban J connectivity index is 3.07. The molecule has 0 atom stereocenters. The van der Waals surface area contributed by atoms with Gasteiger partial charge in [-0.2, -0.15) is 0 Å². The van der Waals surface area contributed by atoms with Crippen LogP contribution in [0.5, 0.6) is 0 Å². The van der Waals surface area contributed by atoms with E-state index >= 15 is 0 Å². The van der Waals surface area contributed by atoms with E-state index in [-0.39, 0.29) is 0 Å². The maximum atomic E-state index is 5.34. The van der Waals surface area contributed by atoms with Crippen LogP contribution in [-0.4, -0.2) is 31.1 Å². The maximum Gasteiger partial charge on any atom is -0.00189 e. The summed E-state index contributed by atoms with van der Waals surface area (Å²) in [7, 11) is 0. The minimum Gasteiger partial charge on any atom is -0.330 e. The molecule has 67 valence electrons. The summed E-state index contributed by atoms with van der Waals surface area (Å²) in [6.07, 6.45) is 4.55. The van der Waals surface area contributed by atoms with Gasteiger partial charge in [0.1, 0.15) is 0 Å². The Morgan fingerprint density at radius 2 is 1.91 bits per heavy atom. The lowest BCUT2D eigenvalue weighted by molar-refractivity contribution is 0.299. The quantitative estimate of drug-likeness (QED) is 0.564. The second-order valence-electron chi connectivity index (χ2n) is 2.69. The van der Waals surface area contributed by atoms with E-state index in [2.05, 4.69) is 25.2 Å². The third-order valence-electron chi connectivity index (χ3n) is 1.94. The van der Waals surface area contributed by atoms with Gasteiger partial charge in [0.2, 0.25) is 0 Å². The number of nitrogens with two attached hydrogens (primary N) is 1. The zero-order valence-electron chi connectivity index (χ0n) is 7.84. The Kier molecular flexibility index (Phi) is 7.96. The molecule has 0 aliphatic heterocycles. The molecule has 0 aliphatic carbocycles. The van der Waals surface area contributed by atoms with Crippen LogP contribution in [0.15, 0.2) is 0 Å². The van der Waals surface area contributed by atoms with Gasteiger partial charge in [-0.15, -0.1) is 0 Å². The number of rotatable bonds is 7. The van der Waals surface area contributed by atoms with Crippen LogP contribution in [-0.2, 0) is 0 Å². The van der Waals surface area contributed by atoms with Crippen molar-refractivity contribution in [3.63, 3.8) is 0 Å². The highest BCUT2D eigenvalue weighted by atomic mass is 15.1. The first kappa shape index (κ1) is 10.9. The molecule has 0 amide bonds. The van der Waals surface area contributed by atoms with Gasteiger partial charge in [0.15, 0.2) is 0 Å². The van der Waals surface area contributed by atoms with E-state index in [1.807, 2.05) is 0 Å². The van der Waals surface area contributed by atoms with Crippen LogP contribution < -0.4 is 5.73 Å². The van der Waals surface area contributed by atoms with Crippen molar-refractivity contribution in [3.05, 3.63) is 6.42 Å². The molecule has 0 fully saturated rings. The van der Waals surface area contributed by atoms with Crippen LogP contribution in [0.1, 0.15) is 26.7 Å². The molecule has 11 heavy (non-hydrogen) atoms. The first-order chi connectivity index (χ1) is 5.35. The van der Waals surface area contributed by atoms with Crippen LogP contribution in [0.2, 0.25) is 0 Å². The lowest BCUT2D eigenvalue weighted by Gasteiger charge is -2.17. The molecule has 2 nitrogen and oxygen atoms in total. The summed E-state index contributed by atoms with van der Waals surface area (Å²) in [5.74, 6) is 0. The molecule has 0 aromatic carbocycles. The van der Waals surface area contributed by atoms with Gasteiger partial charge in [0, 0.05) is 0 Å². The molecule has 2 N–H and O–H groups in total. The summed E-state index contributed by atoms with van der Waals surface area (Å²) in [6.45, 7) is 8.67. The number of nitrogens with zero attached hydrogens (tertiary/aromatic N) is 1. The van der Waals surface area contributed by atoms with Crippen LogP contribution in [0.3, 0.4) is 0 Å². The van der Waals surface area contributed by atoms with E-state index in [9.17, 15) is 0 Å². The van der Waals surface area contributed by atoms with Crippen LogP contribution in [0.4, 0.5) is 0 Å². The summed E-state index contributed by atoms with van der Waals surface area (Å²) >= 11 is 0. The SMILES string of the molecule is CCN(CC)CCC[CH]CN. The highest BCUT2D eigenvalue weighted by Crippen LogP contribution is 1.96. The molecule has 0 saturated carbocycles. The van der Waals surface area contributed by atoms with E-state index < -0.39 is 0 Å². The molecule has 0 saturated heterocycles. The zero-order chi connectivity index (χ0) is 8.53. The Morgan fingerprint density at radius 1 is 1.27 bits per heavy atom. The van der Waals surface area contributed by atoms with Gasteiger partial charge in [0.05, 0.1) is 0 Å². The van der Waals surface area contributed by atoms with Crippen molar-refractivity contribution in [2.75, 3.05) is 26.2 Å². The third kappa shape index (κ3) is 6.32. The second kappa shape index (κ2) is 8.02. The van der Waals surface area contributed by atoms with Crippen molar-refractivity contribution >= 4 is 0 Å². The van der Waals surface area contributed by atoms with Gasteiger partial charge < -0.3 is 10.6 Å².